The van der Waals surface area contributed by atoms with Crippen molar-refractivity contribution in [2.24, 2.45) is 11.5 Å². The lowest BCUT2D eigenvalue weighted by Crippen LogP contribution is -2.32. The quantitative estimate of drug-likeness (QED) is 0.108. The minimum Gasteiger partial charge on any atom is -0.478 e. The van der Waals surface area contributed by atoms with E-state index in [1.54, 1.807) is 0 Å². The van der Waals surface area contributed by atoms with Gasteiger partial charge in [0.05, 0.1) is 17.3 Å². The fraction of sp³-hybridized carbons (Fsp3) is 0.259. The van der Waals surface area contributed by atoms with Gasteiger partial charge in [-0.2, -0.15) is 16.8 Å². The summed E-state index contributed by atoms with van der Waals surface area (Å²) in [5.41, 5.74) is 16.5. The molecule has 43 heavy (non-hydrogen) atoms. The fourth-order valence-electron chi connectivity index (χ4n) is 4.93. The highest BCUT2D eigenvalue weighted by atomic mass is 32.2. The average Bonchev–Trinajstić information content (AvgIpc) is 3.13. The van der Waals surface area contributed by atoms with Crippen LogP contribution in [0.2, 0.25) is 0 Å². The Kier molecular flexibility index (Phi) is 9.10. The summed E-state index contributed by atoms with van der Waals surface area (Å²) in [6.45, 7) is 0.906. The Morgan fingerprint density at radius 3 is 2.40 bits per heavy atom. The second kappa shape index (κ2) is 12.3. The number of amides is 1. The molecule has 1 aromatic carbocycles. The summed E-state index contributed by atoms with van der Waals surface area (Å²) >= 11 is 0. The summed E-state index contributed by atoms with van der Waals surface area (Å²) < 4.78 is 75.3. The highest BCUT2D eigenvalue weighted by molar-refractivity contribution is 7.90. The van der Waals surface area contributed by atoms with E-state index >= 15 is 0 Å². The average molecular weight is 635 g/mol. The number of hydrogen-bond acceptors (Lipinski definition) is 10. The van der Waals surface area contributed by atoms with E-state index in [1.807, 2.05) is 0 Å². The number of unbranched alkanes of at least 4 members (excludes halogenated alkanes) is 2. The maximum atomic E-state index is 12.9. The lowest BCUT2D eigenvalue weighted by atomic mass is 9.83. The third-order valence-corrected chi connectivity index (χ3v) is 8.84. The summed E-state index contributed by atoms with van der Waals surface area (Å²) in [6.07, 6.45) is 8.79. The van der Waals surface area contributed by atoms with E-state index in [2.05, 4.69) is 5.32 Å². The van der Waals surface area contributed by atoms with Crippen LogP contribution in [0.1, 0.15) is 31.2 Å². The van der Waals surface area contributed by atoms with E-state index in [0.29, 0.717) is 19.5 Å². The number of fused-ring (bicyclic) bond motifs is 2. The van der Waals surface area contributed by atoms with Gasteiger partial charge in [-0.25, -0.2) is 4.79 Å². The molecule has 2 aliphatic carbocycles. The number of ether oxygens (including phenoxy) is 1. The summed E-state index contributed by atoms with van der Waals surface area (Å²) in [7, 11) is -10.1. The number of hydrogen-bond donors (Lipinski definition) is 7. The molecule has 1 amide bonds. The molecular formula is C27H30N4O10S2. The van der Waals surface area contributed by atoms with Crippen LogP contribution in [0.4, 0.5) is 5.69 Å². The first-order valence-corrected chi connectivity index (χ1v) is 15.9. The normalized spacial score (nSPS) is 18.5. The predicted molar refractivity (Wildman–Crippen MR) is 156 cm³/mol. The molecule has 0 radical (unpaired) electrons. The number of nitrogen functional groups attached to an aromatic ring is 1. The van der Waals surface area contributed by atoms with E-state index in [-0.39, 0.29) is 39.8 Å². The molecule has 0 aromatic heterocycles. The van der Waals surface area contributed by atoms with Crippen LogP contribution in [0, 0.1) is 0 Å². The van der Waals surface area contributed by atoms with Crippen LogP contribution in [0.15, 0.2) is 80.4 Å². The lowest BCUT2D eigenvalue weighted by Gasteiger charge is -2.31. The van der Waals surface area contributed by atoms with Gasteiger partial charge in [0.25, 0.3) is 20.2 Å². The van der Waals surface area contributed by atoms with E-state index in [1.165, 1.54) is 36.4 Å². The second-order valence-electron chi connectivity index (χ2n) is 9.78. The van der Waals surface area contributed by atoms with Crippen molar-refractivity contribution in [3.8, 4) is 5.75 Å². The smallest absolute Gasteiger partial charge is 0.336 e. The largest absolute Gasteiger partial charge is 0.478 e. The molecule has 1 aromatic rings. The summed E-state index contributed by atoms with van der Waals surface area (Å²) in [6, 6.07) is 1.02. The van der Waals surface area contributed by atoms with Crippen molar-refractivity contribution in [1.29, 1.82) is 0 Å². The van der Waals surface area contributed by atoms with Crippen molar-refractivity contribution in [3.05, 3.63) is 81.0 Å². The van der Waals surface area contributed by atoms with Crippen LogP contribution in [0.5, 0.6) is 5.75 Å². The Balaban J connectivity index is 1.99. The molecule has 1 aliphatic heterocycles. The highest BCUT2D eigenvalue weighted by Gasteiger charge is 2.40. The number of rotatable bonds is 10. The van der Waals surface area contributed by atoms with Gasteiger partial charge in [-0.1, -0.05) is 36.8 Å². The first kappa shape index (κ1) is 31.9. The van der Waals surface area contributed by atoms with Crippen LogP contribution in [-0.2, 0) is 29.8 Å². The predicted octanol–water partition coefficient (Wildman–Crippen LogP) is 1.17. The van der Waals surface area contributed by atoms with Gasteiger partial charge in [0, 0.05) is 28.8 Å². The van der Waals surface area contributed by atoms with Crippen LogP contribution in [0.3, 0.4) is 0 Å². The minimum atomic E-state index is -5.08. The molecule has 0 spiro atoms. The Hall–Kier alpha value is -4.06. The van der Waals surface area contributed by atoms with Crippen molar-refractivity contribution < 1.29 is 45.4 Å². The zero-order chi connectivity index (χ0) is 31.7. The first-order chi connectivity index (χ1) is 20.2. The van der Waals surface area contributed by atoms with Crippen molar-refractivity contribution in [2.75, 3.05) is 18.8 Å². The van der Waals surface area contributed by atoms with Gasteiger partial charge in [0.2, 0.25) is 5.91 Å². The van der Waals surface area contributed by atoms with Gasteiger partial charge in [-0.3, -0.25) is 13.9 Å². The number of carbonyl (C=O) groups excluding carboxylic acids is 1. The maximum Gasteiger partial charge on any atom is 0.336 e. The third-order valence-electron chi connectivity index (χ3n) is 6.89. The number of carbonyl (C=O) groups is 2. The molecule has 0 bridgehead atoms. The molecule has 16 heteroatoms. The zero-order valence-electron chi connectivity index (χ0n) is 22.6. The minimum absolute atomic E-state index is 0.0428. The van der Waals surface area contributed by atoms with Gasteiger partial charge in [0.1, 0.15) is 4.91 Å². The Morgan fingerprint density at radius 2 is 1.77 bits per heavy atom. The lowest BCUT2D eigenvalue weighted by molar-refractivity contribution is -0.132. The van der Waals surface area contributed by atoms with Crippen molar-refractivity contribution in [3.63, 3.8) is 0 Å². The van der Waals surface area contributed by atoms with Gasteiger partial charge in [-0.05, 0) is 43.5 Å². The number of nitrogens with one attached hydrogen (secondary N) is 1. The molecule has 14 nitrogen and oxygen atoms in total. The molecule has 4 rings (SSSR count). The molecule has 0 saturated heterocycles. The molecule has 1 atom stereocenters. The number of nitrogens with two attached hydrogens (primary N) is 3. The van der Waals surface area contributed by atoms with Gasteiger partial charge >= 0.3 is 5.97 Å². The van der Waals surface area contributed by atoms with Crippen LogP contribution in [-0.4, -0.2) is 62.1 Å². The van der Waals surface area contributed by atoms with Crippen molar-refractivity contribution in [1.82, 2.24) is 5.32 Å². The number of benzene rings is 1. The van der Waals surface area contributed by atoms with Gasteiger partial charge in [0.15, 0.2) is 16.4 Å². The number of carboxylic acids is 1. The molecule has 10 N–H and O–H groups in total. The second-order valence-corrected chi connectivity index (χ2v) is 12.5. The molecule has 0 saturated carbocycles. The third kappa shape index (κ3) is 6.48. The molecule has 230 valence electrons. The van der Waals surface area contributed by atoms with Crippen LogP contribution in [0.25, 0.3) is 5.57 Å². The number of allylic oxidation sites excluding steroid dienone is 5. The van der Waals surface area contributed by atoms with Gasteiger partial charge in [-0.15, -0.1) is 0 Å². The molecule has 1 heterocycles. The monoisotopic (exact) mass is 634 g/mol. The summed E-state index contributed by atoms with van der Waals surface area (Å²) in [5, 5.41) is 12.9. The number of aliphatic carboxylic acids is 1. The van der Waals surface area contributed by atoms with Gasteiger partial charge < -0.3 is 32.4 Å². The van der Waals surface area contributed by atoms with E-state index < -0.39 is 65.2 Å². The van der Waals surface area contributed by atoms with Crippen LogP contribution < -0.4 is 27.3 Å². The summed E-state index contributed by atoms with van der Waals surface area (Å²) in [5.74, 6) is -3.05. The standard InChI is InChI=1S/C27H30N4O10S2/c28-12-2-1-3-13-31-26(32)14-4-6-15(16(7-5-14)27(33)34)21-17-8-10-19(29)24(42(35,36)37)22(17)41-23-18(21)9-11-20(30)25(23)43(38,39)40/h4,6-11,19H,1-3,5,12-13,28-30H2,(H,31,32)(H,33,34)(H,35,36,37)(H,38,39,40). The van der Waals surface area contributed by atoms with Crippen molar-refractivity contribution >= 4 is 43.4 Å². The number of anilines is 1. The SMILES string of the molecule is NCCCCCNC(=O)C1=CC=C(C2=C3C=CC(N)C(S(=O)(=O)O)=C3Oc3c2ccc(N)c3S(=O)(=O)O)C(C(=O)O)=CC1. The fourth-order valence-corrected chi connectivity index (χ4v) is 6.49. The topological polar surface area (TPSA) is 262 Å². The Bertz CT molecular complexity index is 1800. The molecule has 0 fully saturated rings. The van der Waals surface area contributed by atoms with E-state index in [9.17, 15) is 40.6 Å². The Morgan fingerprint density at radius 1 is 1.05 bits per heavy atom. The maximum absolute atomic E-state index is 12.9. The molecule has 1 unspecified atom stereocenters. The Labute approximate surface area is 247 Å². The van der Waals surface area contributed by atoms with E-state index in [4.69, 9.17) is 21.9 Å². The first-order valence-electron chi connectivity index (χ1n) is 13.0. The van der Waals surface area contributed by atoms with Crippen LogP contribution >= 0.6 is 0 Å². The molecular weight excluding hydrogens is 604 g/mol. The van der Waals surface area contributed by atoms with E-state index in [0.717, 1.165) is 18.9 Å². The number of carboxylic acid groups (broad SMARTS) is 1. The summed E-state index contributed by atoms with van der Waals surface area (Å²) in [4.78, 5) is 23.6. The highest BCUT2D eigenvalue weighted by Crippen LogP contribution is 2.50. The van der Waals surface area contributed by atoms with Crippen molar-refractivity contribution in [2.45, 2.75) is 36.6 Å². The zero-order valence-corrected chi connectivity index (χ0v) is 24.2. The molecule has 3 aliphatic rings.